The number of aromatic carboxylic acids is 1. The molecule has 0 unspecified atom stereocenters. The molecule has 1 aromatic heterocycles. The van der Waals surface area contributed by atoms with Gasteiger partial charge in [-0.25, -0.2) is 9.18 Å². The highest BCUT2D eigenvalue weighted by atomic mass is 19.1. The van der Waals surface area contributed by atoms with Gasteiger partial charge in [0, 0.05) is 16.8 Å². The number of benzene rings is 1. The molecule has 0 atom stereocenters. The average molecular weight is 247 g/mol. The summed E-state index contributed by atoms with van der Waals surface area (Å²) >= 11 is 0. The lowest BCUT2D eigenvalue weighted by Gasteiger charge is -2.07. The predicted molar refractivity (Wildman–Crippen MR) is 64.2 cm³/mol. The van der Waals surface area contributed by atoms with Gasteiger partial charge in [0.25, 0.3) is 5.56 Å². The molecule has 2 aromatic rings. The number of pyridine rings is 1. The number of H-pyrrole nitrogens is 1. The van der Waals surface area contributed by atoms with E-state index in [4.69, 9.17) is 5.11 Å². The number of hydrogen-bond donors (Lipinski definition) is 2. The number of carboxylic acid groups (broad SMARTS) is 1. The zero-order chi connectivity index (χ0) is 13.3. The smallest absolute Gasteiger partial charge is 0.341 e. The number of halogens is 1. The van der Waals surface area contributed by atoms with Gasteiger partial charge >= 0.3 is 5.97 Å². The lowest BCUT2D eigenvalue weighted by molar-refractivity contribution is 0.0695. The second-order valence-corrected chi connectivity index (χ2v) is 3.84. The summed E-state index contributed by atoms with van der Waals surface area (Å²) in [6.45, 7) is 1.59. The van der Waals surface area contributed by atoms with E-state index in [1.165, 1.54) is 24.3 Å². The monoisotopic (exact) mass is 247 g/mol. The summed E-state index contributed by atoms with van der Waals surface area (Å²) in [5, 5.41) is 8.88. The van der Waals surface area contributed by atoms with Gasteiger partial charge in [0.2, 0.25) is 0 Å². The van der Waals surface area contributed by atoms with Gasteiger partial charge in [-0.15, -0.1) is 0 Å². The van der Waals surface area contributed by atoms with E-state index in [1.54, 1.807) is 13.0 Å². The summed E-state index contributed by atoms with van der Waals surface area (Å²) in [7, 11) is 0. The molecule has 0 radical (unpaired) electrons. The number of aromatic nitrogens is 1. The van der Waals surface area contributed by atoms with Gasteiger partial charge in [-0.2, -0.15) is 0 Å². The van der Waals surface area contributed by atoms with Crippen molar-refractivity contribution in [1.29, 1.82) is 0 Å². The van der Waals surface area contributed by atoms with Gasteiger partial charge in [0.15, 0.2) is 0 Å². The number of rotatable bonds is 2. The number of carboxylic acids is 1. The van der Waals surface area contributed by atoms with Gasteiger partial charge in [0.1, 0.15) is 11.4 Å². The third-order valence-corrected chi connectivity index (χ3v) is 2.63. The van der Waals surface area contributed by atoms with Crippen LogP contribution in [-0.4, -0.2) is 16.1 Å². The van der Waals surface area contributed by atoms with Crippen LogP contribution in [0.15, 0.2) is 35.1 Å². The van der Waals surface area contributed by atoms with Crippen molar-refractivity contribution in [2.24, 2.45) is 0 Å². The molecule has 18 heavy (non-hydrogen) atoms. The first-order chi connectivity index (χ1) is 8.50. The first-order valence-corrected chi connectivity index (χ1v) is 5.23. The van der Waals surface area contributed by atoms with Gasteiger partial charge in [0.05, 0.1) is 0 Å². The SMILES string of the molecule is Cc1[nH]c(=O)c(C(=O)O)cc1-c1ccccc1F. The zero-order valence-corrected chi connectivity index (χ0v) is 9.53. The van der Waals surface area contributed by atoms with Crippen LogP contribution >= 0.6 is 0 Å². The predicted octanol–water partition coefficient (Wildman–Crippen LogP) is 2.19. The quantitative estimate of drug-likeness (QED) is 0.854. The van der Waals surface area contributed by atoms with Crippen LogP contribution in [0, 0.1) is 12.7 Å². The van der Waals surface area contributed by atoms with Crippen molar-refractivity contribution in [3.05, 3.63) is 57.8 Å². The Morgan fingerprint density at radius 3 is 2.56 bits per heavy atom. The van der Waals surface area contributed by atoms with Gasteiger partial charge in [-0.3, -0.25) is 4.79 Å². The van der Waals surface area contributed by atoms with E-state index < -0.39 is 22.9 Å². The summed E-state index contributed by atoms with van der Waals surface area (Å²) in [5.41, 5.74) is -0.0482. The van der Waals surface area contributed by atoms with Crippen LogP contribution in [0.4, 0.5) is 4.39 Å². The molecule has 0 bridgehead atoms. The Morgan fingerprint density at radius 2 is 1.94 bits per heavy atom. The molecule has 0 aliphatic rings. The molecule has 0 aliphatic heterocycles. The minimum atomic E-state index is -1.34. The fraction of sp³-hybridized carbons (Fsp3) is 0.0769. The lowest BCUT2D eigenvalue weighted by Crippen LogP contribution is -2.18. The number of hydrogen-bond acceptors (Lipinski definition) is 2. The van der Waals surface area contributed by atoms with E-state index in [-0.39, 0.29) is 5.56 Å². The van der Waals surface area contributed by atoms with Crippen molar-refractivity contribution < 1.29 is 14.3 Å². The van der Waals surface area contributed by atoms with E-state index in [1.807, 2.05) is 0 Å². The van der Waals surface area contributed by atoms with Crippen molar-refractivity contribution in [1.82, 2.24) is 4.98 Å². The van der Waals surface area contributed by atoms with Crippen LogP contribution in [0.3, 0.4) is 0 Å². The molecule has 5 heteroatoms. The lowest BCUT2D eigenvalue weighted by atomic mass is 10.0. The molecule has 1 heterocycles. The van der Waals surface area contributed by atoms with E-state index in [0.717, 1.165) is 0 Å². The van der Waals surface area contributed by atoms with E-state index in [9.17, 15) is 14.0 Å². The van der Waals surface area contributed by atoms with Crippen molar-refractivity contribution in [3.63, 3.8) is 0 Å². The molecular formula is C13H10FNO3. The molecule has 0 aliphatic carbocycles. The number of aryl methyl sites for hydroxylation is 1. The average Bonchev–Trinajstić information content (AvgIpc) is 2.30. The highest BCUT2D eigenvalue weighted by Crippen LogP contribution is 2.24. The van der Waals surface area contributed by atoms with Crippen LogP contribution in [0.25, 0.3) is 11.1 Å². The Balaban J connectivity index is 2.73. The topological polar surface area (TPSA) is 70.2 Å². The van der Waals surface area contributed by atoms with E-state index in [2.05, 4.69) is 4.98 Å². The van der Waals surface area contributed by atoms with Gasteiger partial charge < -0.3 is 10.1 Å². The van der Waals surface area contributed by atoms with Crippen LogP contribution in [0.5, 0.6) is 0 Å². The zero-order valence-electron chi connectivity index (χ0n) is 9.53. The number of nitrogens with one attached hydrogen (secondary N) is 1. The highest BCUT2D eigenvalue weighted by molar-refractivity contribution is 5.89. The second-order valence-electron chi connectivity index (χ2n) is 3.84. The minimum Gasteiger partial charge on any atom is -0.477 e. The Morgan fingerprint density at radius 1 is 1.28 bits per heavy atom. The van der Waals surface area contributed by atoms with Gasteiger partial charge in [-0.05, 0) is 19.1 Å². The Bertz CT molecular complexity index is 676. The van der Waals surface area contributed by atoms with Crippen LogP contribution in [0.1, 0.15) is 16.1 Å². The van der Waals surface area contributed by atoms with E-state index in [0.29, 0.717) is 11.3 Å². The Kier molecular flexibility index (Phi) is 2.97. The molecule has 0 saturated heterocycles. The number of aromatic amines is 1. The third kappa shape index (κ3) is 2.02. The molecule has 0 spiro atoms. The maximum atomic E-state index is 13.6. The summed E-state index contributed by atoms with van der Waals surface area (Å²) in [6, 6.07) is 7.18. The summed E-state index contributed by atoms with van der Waals surface area (Å²) in [6.07, 6.45) is 0. The third-order valence-electron chi connectivity index (χ3n) is 2.63. The first kappa shape index (κ1) is 12.0. The fourth-order valence-electron chi connectivity index (χ4n) is 1.74. The minimum absolute atomic E-state index is 0.258. The Hall–Kier alpha value is -2.43. The molecular weight excluding hydrogens is 237 g/mol. The normalized spacial score (nSPS) is 10.3. The van der Waals surface area contributed by atoms with Gasteiger partial charge in [-0.1, -0.05) is 18.2 Å². The molecule has 92 valence electrons. The summed E-state index contributed by atoms with van der Waals surface area (Å²) in [4.78, 5) is 24.7. The molecule has 1 aromatic carbocycles. The second kappa shape index (κ2) is 4.44. The largest absolute Gasteiger partial charge is 0.477 e. The fourth-order valence-corrected chi connectivity index (χ4v) is 1.74. The molecule has 0 fully saturated rings. The van der Waals surface area contributed by atoms with Crippen molar-refractivity contribution in [3.8, 4) is 11.1 Å². The molecule has 2 N–H and O–H groups in total. The molecule has 2 rings (SSSR count). The van der Waals surface area contributed by atoms with E-state index >= 15 is 0 Å². The molecule has 0 amide bonds. The molecule has 0 saturated carbocycles. The molecule has 4 nitrogen and oxygen atoms in total. The van der Waals surface area contributed by atoms with Crippen molar-refractivity contribution >= 4 is 5.97 Å². The maximum Gasteiger partial charge on any atom is 0.341 e. The summed E-state index contributed by atoms with van der Waals surface area (Å²) < 4.78 is 13.6. The number of carbonyl (C=O) groups is 1. The standard InChI is InChI=1S/C13H10FNO3/c1-7-9(8-4-2-3-5-11(8)14)6-10(13(17)18)12(16)15-7/h2-6H,1H3,(H,15,16)(H,17,18). The van der Waals surface area contributed by atoms with Crippen LogP contribution < -0.4 is 5.56 Å². The Labute approximate surface area is 102 Å². The first-order valence-electron chi connectivity index (χ1n) is 5.23. The van der Waals surface area contributed by atoms with Crippen molar-refractivity contribution in [2.75, 3.05) is 0 Å². The maximum absolute atomic E-state index is 13.6. The van der Waals surface area contributed by atoms with Crippen LogP contribution in [-0.2, 0) is 0 Å². The van der Waals surface area contributed by atoms with Crippen LogP contribution in [0.2, 0.25) is 0 Å². The highest BCUT2D eigenvalue weighted by Gasteiger charge is 2.14. The van der Waals surface area contributed by atoms with Crippen molar-refractivity contribution in [2.45, 2.75) is 6.92 Å². The summed E-state index contributed by atoms with van der Waals surface area (Å²) in [5.74, 6) is -1.81.